The molecule has 1 saturated heterocycles. The lowest BCUT2D eigenvalue weighted by Gasteiger charge is -2.30. The molecule has 2 rings (SSSR count). The first kappa shape index (κ1) is 12.3. The van der Waals surface area contributed by atoms with Gasteiger partial charge in [-0.2, -0.15) is 0 Å². The molecule has 1 aromatic carbocycles. The highest BCUT2D eigenvalue weighted by Crippen LogP contribution is 2.25. The highest BCUT2D eigenvalue weighted by atomic mass is 16.6. The second-order valence-electron chi connectivity index (χ2n) is 4.06. The first-order valence-corrected chi connectivity index (χ1v) is 5.63. The van der Waals surface area contributed by atoms with Gasteiger partial charge >= 0.3 is 0 Å². The average Bonchev–Trinajstić information content (AvgIpc) is 2.39. The van der Waals surface area contributed by atoms with E-state index >= 15 is 0 Å². The van der Waals surface area contributed by atoms with Gasteiger partial charge < -0.3 is 16.0 Å². The number of hydrogen-bond acceptors (Lipinski definition) is 5. The van der Waals surface area contributed by atoms with Gasteiger partial charge in [0.1, 0.15) is 0 Å². The minimum absolute atomic E-state index is 0.123. The molecule has 1 heterocycles. The van der Waals surface area contributed by atoms with E-state index in [1.807, 2.05) is 4.90 Å². The Morgan fingerprint density at radius 2 is 2.06 bits per heavy atom. The number of rotatable bonds is 3. The molecule has 1 aliphatic rings. The van der Waals surface area contributed by atoms with Gasteiger partial charge in [0.25, 0.3) is 11.6 Å². The molecule has 0 atom stereocenters. The fourth-order valence-electron chi connectivity index (χ4n) is 2.02. The second-order valence-corrected chi connectivity index (χ2v) is 4.06. The quantitative estimate of drug-likeness (QED) is 0.585. The number of primary amides is 1. The Labute approximate surface area is 104 Å². The number of hydrogen-bond donors (Lipinski definition) is 2. The largest absolute Gasteiger partial charge is 0.368 e. The van der Waals surface area contributed by atoms with Crippen LogP contribution in [0.25, 0.3) is 0 Å². The lowest BCUT2D eigenvalue weighted by Crippen LogP contribution is -2.44. The molecule has 0 aliphatic carbocycles. The minimum atomic E-state index is -0.646. The van der Waals surface area contributed by atoms with Crippen molar-refractivity contribution < 1.29 is 9.72 Å². The maximum atomic E-state index is 11.4. The number of carbonyl (C=O) groups is 1. The Morgan fingerprint density at radius 1 is 1.39 bits per heavy atom. The van der Waals surface area contributed by atoms with Crippen LogP contribution in [-0.2, 0) is 0 Å². The van der Waals surface area contributed by atoms with Crippen molar-refractivity contribution in [2.24, 2.45) is 5.73 Å². The molecule has 7 nitrogen and oxygen atoms in total. The number of nitrogens with one attached hydrogen (secondary N) is 1. The molecule has 0 unspecified atom stereocenters. The van der Waals surface area contributed by atoms with E-state index < -0.39 is 10.8 Å². The summed E-state index contributed by atoms with van der Waals surface area (Å²) in [6.45, 7) is 3.13. The summed E-state index contributed by atoms with van der Waals surface area (Å²) in [5.74, 6) is -0.646. The van der Waals surface area contributed by atoms with E-state index in [9.17, 15) is 14.9 Å². The van der Waals surface area contributed by atoms with Gasteiger partial charge in [-0.3, -0.25) is 14.9 Å². The number of non-ortho nitro benzene ring substituents is 1. The summed E-state index contributed by atoms with van der Waals surface area (Å²) in [7, 11) is 0. The van der Waals surface area contributed by atoms with E-state index in [4.69, 9.17) is 5.73 Å². The molecule has 96 valence electrons. The number of anilines is 1. The van der Waals surface area contributed by atoms with Crippen molar-refractivity contribution in [2.45, 2.75) is 0 Å². The zero-order valence-corrected chi connectivity index (χ0v) is 9.76. The second kappa shape index (κ2) is 5.01. The van der Waals surface area contributed by atoms with E-state index in [0.717, 1.165) is 26.2 Å². The third-order valence-electron chi connectivity index (χ3n) is 2.91. The van der Waals surface area contributed by atoms with Crippen LogP contribution in [0.4, 0.5) is 11.4 Å². The number of benzene rings is 1. The van der Waals surface area contributed by atoms with Gasteiger partial charge in [-0.15, -0.1) is 0 Å². The summed E-state index contributed by atoms with van der Waals surface area (Å²) in [4.78, 5) is 23.6. The topological polar surface area (TPSA) is 102 Å². The van der Waals surface area contributed by atoms with Gasteiger partial charge in [0.15, 0.2) is 0 Å². The first-order valence-electron chi connectivity index (χ1n) is 5.63. The maximum absolute atomic E-state index is 11.4. The van der Waals surface area contributed by atoms with E-state index in [1.54, 1.807) is 6.07 Å². The number of carbonyl (C=O) groups excluding carboxylic acids is 1. The Balaban J connectivity index is 2.39. The van der Waals surface area contributed by atoms with Crippen LogP contribution in [0.2, 0.25) is 0 Å². The standard InChI is InChI=1S/C11H14N4O3/c12-11(16)9-7-8(15(17)18)1-2-10(9)14-5-3-13-4-6-14/h1-2,7,13H,3-6H2,(H2,12,16). The molecule has 1 fully saturated rings. The van der Waals surface area contributed by atoms with Crippen molar-refractivity contribution in [2.75, 3.05) is 31.1 Å². The van der Waals surface area contributed by atoms with Crippen molar-refractivity contribution in [3.05, 3.63) is 33.9 Å². The number of nitro benzene ring substituents is 1. The highest BCUT2D eigenvalue weighted by Gasteiger charge is 2.20. The van der Waals surface area contributed by atoms with Crippen molar-refractivity contribution in [3.63, 3.8) is 0 Å². The summed E-state index contributed by atoms with van der Waals surface area (Å²) >= 11 is 0. The van der Waals surface area contributed by atoms with E-state index in [0.29, 0.717) is 5.69 Å². The third-order valence-corrected chi connectivity index (χ3v) is 2.91. The summed E-state index contributed by atoms with van der Waals surface area (Å²) in [6, 6.07) is 4.22. The van der Waals surface area contributed by atoms with Crippen LogP contribution in [0.1, 0.15) is 10.4 Å². The fraction of sp³-hybridized carbons (Fsp3) is 0.364. The van der Waals surface area contributed by atoms with E-state index in [2.05, 4.69) is 5.32 Å². The SMILES string of the molecule is NC(=O)c1cc([N+](=O)[O-])ccc1N1CCNCC1. The highest BCUT2D eigenvalue weighted by molar-refractivity contribution is 5.99. The summed E-state index contributed by atoms with van der Waals surface area (Å²) in [5, 5.41) is 13.9. The molecular formula is C11H14N4O3. The van der Waals surface area contributed by atoms with Gasteiger partial charge in [-0.05, 0) is 6.07 Å². The number of piperazine rings is 1. The van der Waals surface area contributed by atoms with Gasteiger partial charge in [0.05, 0.1) is 16.2 Å². The van der Waals surface area contributed by atoms with E-state index in [1.165, 1.54) is 12.1 Å². The number of nitrogens with zero attached hydrogens (tertiary/aromatic N) is 2. The molecule has 0 aromatic heterocycles. The lowest BCUT2D eigenvalue weighted by atomic mass is 10.1. The molecule has 0 spiro atoms. The normalized spacial score (nSPS) is 15.4. The van der Waals surface area contributed by atoms with Gasteiger partial charge in [-0.25, -0.2) is 0 Å². The van der Waals surface area contributed by atoms with Crippen molar-refractivity contribution >= 4 is 17.3 Å². The summed E-state index contributed by atoms with van der Waals surface area (Å²) in [5.41, 5.74) is 6.03. The molecule has 1 aromatic rings. The Hall–Kier alpha value is -2.15. The Kier molecular flexibility index (Phi) is 3.42. The van der Waals surface area contributed by atoms with Crippen LogP contribution >= 0.6 is 0 Å². The van der Waals surface area contributed by atoms with Crippen LogP contribution in [0.5, 0.6) is 0 Å². The molecule has 0 saturated carbocycles. The van der Waals surface area contributed by atoms with Crippen molar-refractivity contribution in [1.82, 2.24) is 5.32 Å². The predicted molar refractivity (Wildman–Crippen MR) is 66.7 cm³/mol. The Bertz CT molecular complexity index is 483. The van der Waals surface area contributed by atoms with Crippen molar-refractivity contribution in [3.8, 4) is 0 Å². The number of amides is 1. The van der Waals surface area contributed by atoms with Gasteiger partial charge in [0.2, 0.25) is 0 Å². The molecule has 1 amide bonds. The van der Waals surface area contributed by atoms with Gasteiger partial charge in [-0.1, -0.05) is 0 Å². The smallest absolute Gasteiger partial charge is 0.270 e. The molecule has 18 heavy (non-hydrogen) atoms. The zero-order chi connectivity index (χ0) is 13.1. The first-order chi connectivity index (χ1) is 8.59. The molecule has 1 aliphatic heterocycles. The summed E-state index contributed by atoms with van der Waals surface area (Å²) < 4.78 is 0. The average molecular weight is 250 g/mol. The van der Waals surface area contributed by atoms with Crippen LogP contribution < -0.4 is 16.0 Å². The Morgan fingerprint density at radius 3 is 2.61 bits per heavy atom. The minimum Gasteiger partial charge on any atom is -0.368 e. The van der Waals surface area contributed by atoms with Gasteiger partial charge in [0, 0.05) is 38.3 Å². The van der Waals surface area contributed by atoms with Crippen LogP contribution in [0.15, 0.2) is 18.2 Å². The zero-order valence-electron chi connectivity index (χ0n) is 9.76. The number of nitro groups is 1. The van der Waals surface area contributed by atoms with Crippen LogP contribution in [-0.4, -0.2) is 37.0 Å². The molecular weight excluding hydrogens is 236 g/mol. The molecule has 3 N–H and O–H groups in total. The molecule has 7 heteroatoms. The number of nitrogens with two attached hydrogens (primary N) is 1. The molecule has 0 bridgehead atoms. The predicted octanol–water partition coefficient (Wildman–Crippen LogP) is 0.103. The molecule has 0 radical (unpaired) electrons. The van der Waals surface area contributed by atoms with E-state index in [-0.39, 0.29) is 11.3 Å². The fourth-order valence-corrected chi connectivity index (χ4v) is 2.02. The third kappa shape index (κ3) is 2.40. The summed E-state index contributed by atoms with van der Waals surface area (Å²) in [6.07, 6.45) is 0. The van der Waals surface area contributed by atoms with Crippen molar-refractivity contribution in [1.29, 1.82) is 0 Å². The maximum Gasteiger partial charge on any atom is 0.270 e. The lowest BCUT2D eigenvalue weighted by molar-refractivity contribution is -0.384. The monoisotopic (exact) mass is 250 g/mol. The van der Waals surface area contributed by atoms with Crippen LogP contribution in [0, 0.1) is 10.1 Å². The van der Waals surface area contributed by atoms with Crippen LogP contribution in [0.3, 0.4) is 0 Å².